The summed E-state index contributed by atoms with van der Waals surface area (Å²) in [6.07, 6.45) is -2.46. The summed E-state index contributed by atoms with van der Waals surface area (Å²) in [5.74, 6) is -0.191. The van der Waals surface area contributed by atoms with E-state index in [0.717, 1.165) is 24.8 Å². The van der Waals surface area contributed by atoms with Crippen molar-refractivity contribution in [1.29, 1.82) is 0 Å². The molecule has 0 spiro atoms. The van der Waals surface area contributed by atoms with Gasteiger partial charge in [0.25, 0.3) is 0 Å². The number of rotatable bonds is 2. The lowest BCUT2D eigenvalue weighted by atomic mass is 9.96. The Balaban J connectivity index is 2.07. The molecule has 2 nitrogen and oxygen atoms in total. The molecule has 0 radical (unpaired) electrons. The van der Waals surface area contributed by atoms with E-state index in [4.69, 9.17) is 0 Å². The number of aliphatic hydroxyl groups excluding tert-OH is 1. The standard InChI is InChI=1S/C12H13F3O2/c13-12(14,15)17-9-6-4-8(5-7-9)10-2-1-3-11(10)16/h4-7,10-11,16H,1-3H2/t10-,11+/m0/s1. The predicted octanol–water partition coefficient (Wildman–Crippen LogP) is 3.21. The smallest absolute Gasteiger partial charge is 0.406 e. The summed E-state index contributed by atoms with van der Waals surface area (Å²) in [6.45, 7) is 0. The Morgan fingerprint density at radius 2 is 1.76 bits per heavy atom. The van der Waals surface area contributed by atoms with Crippen molar-refractivity contribution in [1.82, 2.24) is 0 Å². The highest BCUT2D eigenvalue weighted by Crippen LogP contribution is 2.35. The molecular formula is C12H13F3O2. The average Bonchev–Trinajstić information content (AvgIpc) is 2.63. The fourth-order valence-corrected chi connectivity index (χ4v) is 2.25. The van der Waals surface area contributed by atoms with E-state index in [-0.39, 0.29) is 17.8 Å². The first-order valence-electron chi connectivity index (χ1n) is 5.49. The van der Waals surface area contributed by atoms with Gasteiger partial charge in [0.05, 0.1) is 6.10 Å². The molecular weight excluding hydrogens is 233 g/mol. The number of halogens is 3. The molecule has 0 aromatic heterocycles. The average molecular weight is 246 g/mol. The van der Waals surface area contributed by atoms with Crippen molar-refractivity contribution in [2.24, 2.45) is 0 Å². The first-order valence-corrected chi connectivity index (χ1v) is 5.49. The number of benzene rings is 1. The maximum Gasteiger partial charge on any atom is 0.573 e. The summed E-state index contributed by atoms with van der Waals surface area (Å²) < 4.78 is 39.6. The number of aliphatic hydroxyl groups is 1. The Hall–Kier alpha value is -1.23. The predicted molar refractivity (Wildman–Crippen MR) is 55.7 cm³/mol. The highest BCUT2D eigenvalue weighted by atomic mass is 19.4. The van der Waals surface area contributed by atoms with E-state index in [9.17, 15) is 18.3 Å². The van der Waals surface area contributed by atoms with Gasteiger partial charge < -0.3 is 9.84 Å². The Morgan fingerprint density at radius 1 is 1.12 bits per heavy atom. The third-order valence-corrected chi connectivity index (χ3v) is 3.02. The van der Waals surface area contributed by atoms with E-state index in [1.54, 1.807) is 12.1 Å². The van der Waals surface area contributed by atoms with Gasteiger partial charge in [0, 0.05) is 5.92 Å². The van der Waals surface area contributed by atoms with E-state index in [2.05, 4.69) is 4.74 Å². The van der Waals surface area contributed by atoms with E-state index in [1.165, 1.54) is 12.1 Å². The number of alkyl halides is 3. The number of hydrogen-bond acceptors (Lipinski definition) is 2. The van der Waals surface area contributed by atoms with Crippen molar-refractivity contribution < 1.29 is 23.0 Å². The van der Waals surface area contributed by atoms with Crippen LogP contribution in [-0.2, 0) is 0 Å². The summed E-state index contributed by atoms with van der Waals surface area (Å²) in [5.41, 5.74) is 0.865. The summed E-state index contributed by atoms with van der Waals surface area (Å²) in [7, 11) is 0. The SMILES string of the molecule is O[C@@H]1CCC[C@H]1c1ccc(OC(F)(F)F)cc1. The maximum absolute atomic E-state index is 11.9. The molecule has 1 aliphatic carbocycles. The topological polar surface area (TPSA) is 29.5 Å². The number of hydrogen-bond donors (Lipinski definition) is 1. The molecule has 1 aliphatic rings. The van der Waals surface area contributed by atoms with Crippen LogP contribution in [0.3, 0.4) is 0 Å². The Kier molecular flexibility index (Phi) is 3.28. The van der Waals surface area contributed by atoms with Crippen molar-refractivity contribution in [2.45, 2.75) is 37.6 Å². The molecule has 0 amide bonds. The van der Waals surface area contributed by atoms with Crippen LogP contribution in [0.25, 0.3) is 0 Å². The lowest BCUT2D eigenvalue weighted by Crippen LogP contribution is -2.17. The molecule has 17 heavy (non-hydrogen) atoms. The second-order valence-electron chi connectivity index (χ2n) is 4.22. The first-order chi connectivity index (χ1) is 7.96. The van der Waals surface area contributed by atoms with Crippen molar-refractivity contribution in [3.8, 4) is 5.75 Å². The Labute approximate surface area is 97.0 Å². The van der Waals surface area contributed by atoms with Gasteiger partial charge in [-0.15, -0.1) is 13.2 Å². The molecule has 94 valence electrons. The van der Waals surface area contributed by atoms with Gasteiger partial charge in [0.2, 0.25) is 0 Å². The van der Waals surface area contributed by atoms with Gasteiger partial charge in [0.1, 0.15) is 5.75 Å². The van der Waals surface area contributed by atoms with Crippen LogP contribution >= 0.6 is 0 Å². The number of ether oxygens (including phenoxy) is 1. The molecule has 2 atom stereocenters. The summed E-state index contributed by atoms with van der Waals surface area (Å²) in [4.78, 5) is 0. The lowest BCUT2D eigenvalue weighted by molar-refractivity contribution is -0.274. The van der Waals surface area contributed by atoms with Crippen LogP contribution in [0.4, 0.5) is 13.2 Å². The highest BCUT2D eigenvalue weighted by molar-refractivity contribution is 5.30. The molecule has 2 rings (SSSR count). The van der Waals surface area contributed by atoms with Crippen molar-refractivity contribution in [3.63, 3.8) is 0 Å². The van der Waals surface area contributed by atoms with Gasteiger partial charge in [-0.05, 0) is 30.5 Å². The fourth-order valence-electron chi connectivity index (χ4n) is 2.25. The van der Waals surface area contributed by atoms with Gasteiger partial charge in [-0.25, -0.2) is 0 Å². The molecule has 1 saturated carbocycles. The van der Waals surface area contributed by atoms with E-state index >= 15 is 0 Å². The van der Waals surface area contributed by atoms with Gasteiger partial charge in [-0.1, -0.05) is 18.6 Å². The molecule has 1 fully saturated rings. The molecule has 1 aromatic carbocycles. The summed E-state index contributed by atoms with van der Waals surface area (Å²) >= 11 is 0. The normalized spacial score (nSPS) is 24.9. The molecule has 0 unspecified atom stereocenters. The third kappa shape index (κ3) is 3.12. The molecule has 1 N–H and O–H groups in total. The third-order valence-electron chi connectivity index (χ3n) is 3.02. The molecule has 0 heterocycles. The molecule has 0 aliphatic heterocycles. The Bertz CT molecular complexity index is 372. The van der Waals surface area contributed by atoms with Crippen LogP contribution in [0.5, 0.6) is 5.75 Å². The zero-order valence-electron chi connectivity index (χ0n) is 9.07. The minimum Gasteiger partial charge on any atom is -0.406 e. The zero-order chi connectivity index (χ0) is 12.5. The second-order valence-corrected chi connectivity index (χ2v) is 4.22. The van der Waals surface area contributed by atoms with Crippen LogP contribution in [0.1, 0.15) is 30.7 Å². The lowest BCUT2D eigenvalue weighted by Gasteiger charge is -2.15. The molecule has 5 heteroatoms. The molecule has 0 saturated heterocycles. The molecule has 1 aromatic rings. The van der Waals surface area contributed by atoms with Crippen molar-refractivity contribution in [3.05, 3.63) is 29.8 Å². The minimum absolute atomic E-state index is 0.0370. The monoisotopic (exact) mass is 246 g/mol. The van der Waals surface area contributed by atoms with Crippen molar-refractivity contribution in [2.75, 3.05) is 0 Å². The maximum atomic E-state index is 11.9. The fraction of sp³-hybridized carbons (Fsp3) is 0.500. The van der Waals surface area contributed by atoms with Crippen LogP contribution in [0.2, 0.25) is 0 Å². The summed E-state index contributed by atoms with van der Waals surface area (Å²) in [5, 5.41) is 9.69. The van der Waals surface area contributed by atoms with Crippen LogP contribution < -0.4 is 4.74 Å². The van der Waals surface area contributed by atoms with Gasteiger partial charge in [-0.2, -0.15) is 0 Å². The van der Waals surface area contributed by atoms with Crippen LogP contribution in [-0.4, -0.2) is 17.6 Å². The quantitative estimate of drug-likeness (QED) is 0.868. The van der Waals surface area contributed by atoms with Crippen LogP contribution in [0, 0.1) is 0 Å². The summed E-state index contributed by atoms with van der Waals surface area (Å²) in [6, 6.07) is 5.74. The minimum atomic E-state index is -4.66. The van der Waals surface area contributed by atoms with E-state index in [0.29, 0.717) is 0 Å². The zero-order valence-corrected chi connectivity index (χ0v) is 9.07. The van der Waals surface area contributed by atoms with E-state index < -0.39 is 6.36 Å². The Morgan fingerprint density at radius 3 is 2.24 bits per heavy atom. The first kappa shape index (κ1) is 12.2. The van der Waals surface area contributed by atoms with Gasteiger partial charge in [0.15, 0.2) is 0 Å². The van der Waals surface area contributed by atoms with Crippen molar-refractivity contribution >= 4 is 0 Å². The van der Waals surface area contributed by atoms with E-state index in [1.807, 2.05) is 0 Å². The highest BCUT2D eigenvalue weighted by Gasteiger charge is 2.31. The molecule has 0 bridgehead atoms. The van der Waals surface area contributed by atoms with Gasteiger partial charge in [-0.3, -0.25) is 0 Å². The van der Waals surface area contributed by atoms with Gasteiger partial charge >= 0.3 is 6.36 Å². The largest absolute Gasteiger partial charge is 0.573 e. The second kappa shape index (κ2) is 4.56. The van der Waals surface area contributed by atoms with Crippen LogP contribution in [0.15, 0.2) is 24.3 Å².